The Morgan fingerprint density at radius 3 is 2.83 bits per heavy atom. The number of hydrogen-bond donors (Lipinski definition) is 0. The number of pyridine rings is 1. The Hall–Kier alpha value is -1.22. The van der Waals surface area contributed by atoms with Gasteiger partial charge in [0.25, 0.3) is 0 Å². The standard InChI is InChI=1S/C9H10NO2/c1-2-8(11)9(12)7-5-3-4-6-10-7/h3-6,8H,2H2,1H3. The van der Waals surface area contributed by atoms with E-state index in [2.05, 4.69) is 4.98 Å². The van der Waals surface area contributed by atoms with Gasteiger partial charge in [-0.3, -0.25) is 9.78 Å². The van der Waals surface area contributed by atoms with Crippen LogP contribution in [-0.4, -0.2) is 16.9 Å². The van der Waals surface area contributed by atoms with Gasteiger partial charge in [-0.2, -0.15) is 0 Å². The number of hydrogen-bond acceptors (Lipinski definition) is 2. The summed E-state index contributed by atoms with van der Waals surface area (Å²) >= 11 is 0. The molecule has 0 N–H and O–H groups in total. The van der Waals surface area contributed by atoms with E-state index >= 15 is 0 Å². The van der Waals surface area contributed by atoms with Gasteiger partial charge in [0.15, 0.2) is 6.10 Å². The Kier molecular flexibility index (Phi) is 2.94. The van der Waals surface area contributed by atoms with Crippen molar-refractivity contribution in [2.45, 2.75) is 19.4 Å². The zero-order valence-electron chi connectivity index (χ0n) is 6.86. The molecule has 0 aliphatic rings. The molecule has 0 bridgehead atoms. The van der Waals surface area contributed by atoms with Gasteiger partial charge in [0, 0.05) is 6.20 Å². The van der Waals surface area contributed by atoms with E-state index in [-0.39, 0.29) is 5.69 Å². The molecule has 12 heavy (non-hydrogen) atoms. The number of Topliss-reactive ketones (excluding diaryl/α,β-unsaturated/α-hetero) is 1. The highest BCUT2D eigenvalue weighted by Crippen LogP contribution is 2.02. The topological polar surface area (TPSA) is 49.9 Å². The van der Waals surface area contributed by atoms with E-state index in [4.69, 9.17) is 0 Å². The van der Waals surface area contributed by atoms with Crippen molar-refractivity contribution < 1.29 is 9.90 Å². The fourth-order valence-corrected chi connectivity index (χ4v) is 0.859. The predicted molar refractivity (Wildman–Crippen MR) is 43.3 cm³/mol. The van der Waals surface area contributed by atoms with Crippen molar-refractivity contribution in [3.63, 3.8) is 0 Å². The summed E-state index contributed by atoms with van der Waals surface area (Å²) in [6.45, 7) is 1.69. The van der Waals surface area contributed by atoms with Crippen molar-refractivity contribution in [2.75, 3.05) is 0 Å². The second-order valence-corrected chi connectivity index (χ2v) is 2.48. The van der Waals surface area contributed by atoms with Gasteiger partial charge in [-0.05, 0) is 18.6 Å². The van der Waals surface area contributed by atoms with E-state index in [0.29, 0.717) is 6.42 Å². The van der Waals surface area contributed by atoms with Gasteiger partial charge in [-0.25, -0.2) is 5.11 Å². The highest BCUT2D eigenvalue weighted by molar-refractivity contribution is 5.97. The molecular weight excluding hydrogens is 154 g/mol. The van der Waals surface area contributed by atoms with E-state index in [1.165, 1.54) is 6.20 Å². The molecule has 0 fully saturated rings. The van der Waals surface area contributed by atoms with Crippen LogP contribution in [0, 0.1) is 0 Å². The molecule has 0 aromatic carbocycles. The number of aromatic nitrogens is 1. The second-order valence-electron chi connectivity index (χ2n) is 2.48. The first-order chi connectivity index (χ1) is 5.75. The zero-order chi connectivity index (χ0) is 8.97. The smallest absolute Gasteiger partial charge is 0.213 e. The fraction of sp³-hybridized carbons (Fsp3) is 0.333. The molecule has 3 nitrogen and oxygen atoms in total. The van der Waals surface area contributed by atoms with Crippen LogP contribution >= 0.6 is 0 Å². The summed E-state index contributed by atoms with van der Waals surface area (Å²) in [6, 6.07) is 4.97. The highest BCUT2D eigenvalue weighted by Gasteiger charge is 2.16. The van der Waals surface area contributed by atoms with Crippen LogP contribution in [0.2, 0.25) is 0 Å². The summed E-state index contributed by atoms with van der Waals surface area (Å²) in [7, 11) is 0. The van der Waals surface area contributed by atoms with Gasteiger partial charge in [0.2, 0.25) is 5.78 Å². The normalized spacial score (nSPS) is 12.5. The maximum Gasteiger partial charge on any atom is 0.213 e. The van der Waals surface area contributed by atoms with Crippen LogP contribution in [0.25, 0.3) is 0 Å². The minimum Gasteiger partial charge on any atom is -0.289 e. The first-order valence-electron chi connectivity index (χ1n) is 3.86. The van der Waals surface area contributed by atoms with Crippen molar-refractivity contribution in [3.05, 3.63) is 30.1 Å². The molecule has 0 spiro atoms. The third-order valence-electron chi connectivity index (χ3n) is 1.58. The Morgan fingerprint density at radius 2 is 2.33 bits per heavy atom. The van der Waals surface area contributed by atoms with Crippen LogP contribution in [0.15, 0.2) is 24.4 Å². The first-order valence-corrected chi connectivity index (χ1v) is 3.86. The number of ketones is 1. The largest absolute Gasteiger partial charge is 0.289 e. The lowest BCUT2D eigenvalue weighted by atomic mass is 10.1. The minimum atomic E-state index is -1.17. The summed E-state index contributed by atoms with van der Waals surface area (Å²) in [4.78, 5) is 15.0. The molecular formula is C9H10NO2. The minimum absolute atomic E-state index is 0.263. The molecule has 0 aliphatic heterocycles. The summed E-state index contributed by atoms with van der Waals surface area (Å²) in [6.07, 6.45) is 0.658. The predicted octanol–water partition coefficient (Wildman–Crippen LogP) is 1.47. The van der Waals surface area contributed by atoms with Crippen molar-refractivity contribution >= 4 is 5.78 Å². The molecule has 3 heteroatoms. The summed E-state index contributed by atoms with van der Waals surface area (Å²) < 4.78 is 0. The highest BCUT2D eigenvalue weighted by atomic mass is 16.3. The average molecular weight is 164 g/mol. The third kappa shape index (κ3) is 1.89. The van der Waals surface area contributed by atoms with Crippen LogP contribution in [0.5, 0.6) is 0 Å². The van der Waals surface area contributed by atoms with Crippen LogP contribution in [0.4, 0.5) is 0 Å². The van der Waals surface area contributed by atoms with E-state index in [9.17, 15) is 9.90 Å². The Labute approximate surface area is 71.1 Å². The van der Waals surface area contributed by atoms with Gasteiger partial charge in [-0.1, -0.05) is 13.0 Å². The van der Waals surface area contributed by atoms with Crippen LogP contribution in [0.1, 0.15) is 23.8 Å². The van der Waals surface area contributed by atoms with Crippen LogP contribution in [0.3, 0.4) is 0 Å². The fourth-order valence-electron chi connectivity index (χ4n) is 0.859. The van der Waals surface area contributed by atoms with E-state index in [0.717, 1.165) is 0 Å². The lowest BCUT2D eigenvalue weighted by Gasteiger charge is -2.01. The monoisotopic (exact) mass is 164 g/mol. The van der Waals surface area contributed by atoms with Gasteiger partial charge < -0.3 is 0 Å². The first kappa shape index (κ1) is 8.87. The molecule has 1 radical (unpaired) electrons. The van der Waals surface area contributed by atoms with Crippen molar-refractivity contribution in [3.8, 4) is 0 Å². The molecule has 63 valence electrons. The van der Waals surface area contributed by atoms with E-state index in [1.54, 1.807) is 25.1 Å². The second kappa shape index (κ2) is 3.97. The van der Waals surface area contributed by atoms with Crippen LogP contribution < -0.4 is 0 Å². The number of nitrogens with zero attached hydrogens (tertiary/aromatic N) is 1. The summed E-state index contributed by atoms with van der Waals surface area (Å²) in [5, 5.41) is 11.0. The molecule has 0 saturated heterocycles. The molecule has 1 unspecified atom stereocenters. The molecule has 0 aliphatic carbocycles. The number of carbonyl (C=O) groups is 1. The molecule has 1 rings (SSSR count). The SMILES string of the molecule is CCC([O])C(=O)c1ccccn1. The van der Waals surface area contributed by atoms with Gasteiger partial charge in [0.1, 0.15) is 5.69 Å². The average Bonchev–Trinajstić information content (AvgIpc) is 2.17. The van der Waals surface area contributed by atoms with Gasteiger partial charge >= 0.3 is 0 Å². The maximum atomic E-state index is 11.2. The lowest BCUT2D eigenvalue weighted by molar-refractivity contribution is 0.0530. The Morgan fingerprint density at radius 1 is 1.58 bits per heavy atom. The Bertz CT molecular complexity index is 258. The van der Waals surface area contributed by atoms with Crippen molar-refractivity contribution in [1.82, 2.24) is 4.98 Å². The van der Waals surface area contributed by atoms with Crippen LogP contribution in [-0.2, 0) is 5.11 Å². The zero-order valence-corrected chi connectivity index (χ0v) is 6.86. The van der Waals surface area contributed by atoms with Crippen molar-refractivity contribution in [2.24, 2.45) is 0 Å². The molecule has 1 heterocycles. The third-order valence-corrected chi connectivity index (χ3v) is 1.58. The number of carbonyl (C=O) groups excluding carboxylic acids is 1. The molecule has 0 saturated carbocycles. The molecule has 0 amide bonds. The van der Waals surface area contributed by atoms with E-state index in [1.807, 2.05) is 0 Å². The van der Waals surface area contributed by atoms with Gasteiger partial charge in [-0.15, -0.1) is 0 Å². The summed E-state index contributed by atoms with van der Waals surface area (Å²) in [5.41, 5.74) is 0.263. The van der Waals surface area contributed by atoms with Crippen molar-refractivity contribution in [1.29, 1.82) is 0 Å². The van der Waals surface area contributed by atoms with E-state index < -0.39 is 11.9 Å². The Balaban J connectivity index is 2.79. The quantitative estimate of drug-likeness (QED) is 0.635. The molecule has 1 aromatic heterocycles. The molecule has 1 aromatic rings. The summed E-state index contributed by atoms with van der Waals surface area (Å²) in [5.74, 6) is -0.418. The molecule has 1 atom stereocenters. The van der Waals surface area contributed by atoms with Gasteiger partial charge in [0.05, 0.1) is 0 Å². The maximum absolute atomic E-state index is 11.2. The lowest BCUT2D eigenvalue weighted by Crippen LogP contribution is -2.18. The number of rotatable bonds is 3.